The van der Waals surface area contributed by atoms with Crippen molar-refractivity contribution in [2.45, 2.75) is 18.7 Å². The Labute approximate surface area is 93.8 Å². The van der Waals surface area contributed by atoms with Crippen molar-refractivity contribution in [3.8, 4) is 6.07 Å². The van der Waals surface area contributed by atoms with Crippen molar-refractivity contribution >= 4 is 21.4 Å². The molecule has 82 valence electrons. The fourth-order valence-electron chi connectivity index (χ4n) is 1.28. The van der Waals surface area contributed by atoms with Gasteiger partial charge in [-0.05, 0) is 11.4 Å². The van der Waals surface area contributed by atoms with Crippen LogP contribution in [0.2, 0.25) is 0 Å². The van der Waals surface area contributed by atoms with Gasteiger partial charge in [-0.15, -0.1) is 11.3 Å². The normalized spacial score (nSPS) is 11.6. The summed E-state index contributed by atoms with van der Waals surface area (Å²) in [5, 5.41) is 10.4. The molecule has 0 bridgehead atoms. The summed E-state index contributed by atoms with van der Waals surface area (Å²) in [4.78, 5) is 0.376. The smallest absolute Gasteiger partial charge is 0.207 e. The Hall–Kier alpha value is -0.900. The van der Waals surface area contributed by atoms with Gasteiger partial charge in [0.25, 0.3) is 0 Å². The first-order valence-electron chi connectivity index (χ1n) is 4.55. The number of rotatable bonds is 4. The highest BCUT2D eigenvalue weighted by molar-refractivity contribution is 7.89. The molecule has 0 unspecified atom stereocenters. The van der Waals surface area contributed by atoms with Crippen LogP contribution in [-0.2, 0) is 10.0 Å². The first kappa shape index (κ1) is 12.2. The van der Waals surface area contributed by atoms with Gasteiger partial charge in [0.1, 0.15) is 15.8 Å². The van der Waals surface area contributed by atoms with Gasteiger partial charge in [-0.3, -0.25) is 0 Å². The highest BCUT2D eigenvalue weighted by Gasteiger charge is 2.25. The van der Waals surface area contributed by atoms with Gasteiger partial charge >= 0.3 is 0 Å². The molecule has 0 N–H and O–H groups in total. The Kier molecular flexibility index (Phi) is 3.85. The van der Waals surface area contributed by atoms with Crippen molar-refractivity contribution < 1.29 is 8.42 Å². The Morgan fingerprint density at radius 3 is 2.53 bits per heavy atom. The molecule has 6 heteroatoms. The number of nitriles is 1. The molecule has 0 aromatic carbocycles. The highest BCUT2D eigenvalue weighted by atomic mass is 32.2. The molecular formula is C9H12N2O2S2. The van der Waals surface area contributed by atoms with E-state index in [1.807, 2.05) is 6.07 Å². The molecule has 0 radical (unpaired) electrons. The first-order valence-corrected chi connectivity index (χ1v) is 6.87. The molecule has 15 heavy (non-hydrogen) atoms. The monoisotopic (exact) mass is 244 g/mol. The lowest BCUT2D eigenvalue weighted by Gasteiger charge is -2.17. The molecule has 1 aromatic heterocycles. The fourth-order valence-corrected chi connectivity index (χ4v) is 3.89. The van der Waals surface area contributed by atoms with Gasteiger partial charge in [0.05, 0.1) is 0 Å². The SMILES string of the molecule is CCN(CC)S(=O)(=O)c1ccsc1C#N. The van der Waals surface area contributed by atoms with Crippen LogP contribution in [0.4, 0.5) is 0 Å². The molecule has 0 aliphatic heterocycles. The van der Waals surface area contributed by atoms with E-state index in [9.17, 15) is 8.42 Å². The van der Waals surface area contributed by atoms with E-state index in [-0.39, 0.29) is 9.77 Å². The molecule has 1 heterocycles. The molecule has 1 rings (SSSR count). The third kappa shape index (κ3) is 2.20. The second-order valence-corrected chi connectivity index (χ2v) is 5.64. The van der Waals surface area contributed by atoms with E-state index < -0.39 is 10.0 Å². The fraction of sp³-hybridized carbons (Fsp3) is 0.444. The van der Waals surface area contributed by atoms with Crippen molar-refractivity contribution in [2.24, 2.45) is 0 Å². The zero-order valence-electron chi connectivity index (χ0n) is 8.60. The Balaban J connectivity index is 3.23. The van der Waals surface area contributed by atoms with Crippen LogP contribution in [0.3, 0.4) is 0 Å². The molecule has 4 nitrogen and oxygen atoms in total. The summed E-state index contributed by atoms with van der Waals surface area (Å²) in [7, 11) is -3.48. The van der Waals surface area contributed by atoms with Gasteiger partial charge in [-0.2, -0.15) is 9.57 Å². The standard InChI is InChI=1S/C9H12N2O2S2/c1-3-11(4-2)15(12,13)9-5-6-14-8(9)7-10/h5-6H,3-4H2,1-2H3. The number of hydrogen-bond acceptors (Lipinski definition) is 4. The summed E-state index contributed by atoms with van der Waals surface area (Å²) < 4.78 is 25.4. The van der Waals surface area contributed by atoms with Gasteiger partial charge < -0.3 is 0 Å². The Bertz CT molecular complexity index is 467. The Morgan fingerprint density at radius 2 is 2.07 bits per heavy atom. The minimum atomic E-state index is -3.48. The van der Waals surface area contributed by atoms with Gasteiger partial charge in [-0.25, -0.2) is 8.42 Å². The Morgan fingerprint density at radius 1 is 1.47 bits per heavy atom. The molecule has 0 spiro atoms. The lowest BCUT2D eigenvalue weighted by molar-refractivity contribution is 0.445. The summed E-state index contributed by atoms with van der Waals surface area (Å²) in [5.41, 5.74) is 0. The zero-order chi connectivity index (χ0) is 11.5. The number of nitrogens with zero attached hydrogens (tertiary/aromatic N) is 2. The largest absolute Gasteiger partial charge is 0.245 e. The molecule has 0 aliphatic rings. The maximum Gasteiger partial charge on any atom is 0.245 e. The van der Waals surface area contributed by atoms with Gasteiger partial charge in [0, 0.05) is 13.1 Å². The van der Waals surface area contributed by atoms with Crippen LogP contribution in [0, 0.1) is 11.3 Å². The molecular weight excluding hydrogens is 232 g/mol. The molecule has 0 atom stereocenters. The van der Waals surface area contributed by atoms with Crippen LogP contribution >= 0.6 is 11.3 Å². The lowest BCUT2D eigenvalue weighted by Crippen LogP contribution is -2.30. The first-order chi connectivity index (χ1) is 7.07. The van der Waals surface area contributed by atoms with E-state index in [4.69, 9.17) is 5.26 Å². The molecule has 0 saturated heterocycles. The quantitative estimate of drug-likeness (QED) is 0.809. The van der Waals surface area contributed by atoms with Crippen LogP contribution in [0.5, 0.6) is 0 Å². The van der Waals surface area contributed by atoms with E-state index in [2.05, 4.69) is 0 Å². The summed E-state index contributed by atoms with van der Waals surface area (Å²) in [6.07, 6.45) is 0. The lowest BCUT2D eigenvalue weighted by atomic mass is 10.5. The molecule has 1 aromatic rings. The summed E-state index contributed by atoms with van der Waals surface area (Å²) in [6, 6.07) is 3.38. The number of hydrogen-bond donors (Lipinski definition) is 0. The van der Waals surface area contributed by atoms with E-state index in [1.165, 1.54) is 10.4 Å². The van der Waals surface area contributed by atoms with Gasteiger partial charge in [0.15, 0.2) is 0 Å². The van der Waals surface area contributed by atoms with Crippen LogP contribution < -0.4 is 0 Å². The molecule has 0 fully saturated rings. The van der Waals surface area contributed by atoms with E-state index in [0.29, 0.717) is 13.1 Å². The van der Waals surface area contributed by atoms with Crippen molar-refractivity contribution in [2.75, 3.05) is 13.1 Å². The molecule has 0 amide bonds. The summed E-state index contributed by atoms with van der Waals surface area (Å²) in [6.45, 7) is 4.39. The van der Waals surface area contributed by atoms with E-state index in [0.717, 1.165) is 11.3 Å². The third-order valence-electron chi connectivity index (χ3n) is 2.05. The number of thiophene rings is 1. The minimum Gasteiger partial charge on any atom is -0.207 e. The zero-order valence-corrected chi connectivity index (χ0v) is 10.2. The van der Waals surface area contributed by atoms with Gasteiger partial charge in [-0.1, -0.05) is 13.8 Å². The predicted molar refractivity (Wildman–Crippen MR) is 59.1 cm³/mol. The third-order valence-corrected chi connectivity index (χ3v) is 5.09. The van der Waals surface area contributed by atoms with Crippen LogP contribution in [-0.4, -0.2) is 25.8 Å². The predicted octanol–water partition coefficient (Wildman–Crippen LogP) is 1.65. The minimum absolute atomic E-state index is 0.124. The maximum atomic E-state index is 12.0. The highest BCUT2D eigenvalue weighted by Crippen LogP contribution is 2.23. The van der Waals surface area contributed by atoms with Crippen molar-refractivity contribution in [3.05, 3.63) is 16.3 Å². The average Bonchev–Trinajstić information content (AvgIpc) is 2.67. The van der Waals surface area contributed by atoms with E-state index in [1.54, 1.807) is 19.2 Å². The topological polar surface area (TPSA) is 61.2 Å². The maximum absolute atomic E-state index is 12.0. The van der Waals surface area contributed by atoms with Crippen LogP contribution in [0.25, 0.3) is 0 Å². The summed E-state index contributed by atoms with van der Waals surface area (Å²) in [5.74, 6) is 0. The van der Waals surface area contributed by atoms with Crippen molar-refractivity contribution in [1.29, 1.82) is 5.26 Å². The molecule has 0 aliphatic carbocycles. The second kappa shape index (κ2) is 4.75. The van der Waals surface area contributed by atoms with Crippen LogP contribution in [0.1, 0.15) is 18.7 Å². The average molecular weight is 244 g/mol. The van der Waals surface area contributed by atoms with Crippen LogP contribution in [0.15, 0.2) is 16.3 Å². The second-order valence-electron chi connectivity index (χ2n) is 2.82. The summed E-state index contributed by atoms with van der Waals surface area (Å²) >= 11 is 1.15. The van der Waals surface area contributed by atoms with E-state index >= 15 is 0 Å². The molecule has 0 saturated carbocycles. The van der Waals surface area contributed by atoms with Crippen molar-refractivity contribution in [1.82, 2.24) is 4.31 Å². The van der Waals surface area contributed by atoms with Crippen molar-refractivity contribution in [3.63, 3.8) is 0 Å². The van der Waals surface area contributed by atoms with Gasteiger partial charge in [0.2, 0.25) is 10.0 Å². The number of sulfonamides is 1.